The number of hydrogen-bond donors (Lipinski definition) is 3. The number of rotatable bonds is 3. The summed E-state index contributed by atoms with van der Waals surface area (Å²) in [4.78, 5) is 3.19. The molecule has 0 aliphatic carbocycles. The van der Waals surface area contributed by atoms with Crippen LogP contribution in [-0.4, -0.2) is 15.9 Å². The first-order valence-electron chi connectivity index (χ1n) is 4.75. The number of unbranched alkanes of at least 4 members (excludes halogenated alkanes) is 3. The molecular weight excluding hydrogens is 237 g/mol. The lowest BCUT2D eigenvalue weighted by Crippen LogP contribution is -2.25. The SMILES string of the molecule is CCCCCC.N=C(N=C(N)N)N(Cl)Cl. The second-order valence-corrected chi connectivity index (χ2v) is 3.65. The number of nitrogens with one attached hydrogen (secondary N) is 1. The number of nitrogens with zero attached hydrogens (tertiary/aromatic N) is 2. The van der Waals surface area contributed by atoms with Gasteiger partial charge in [-0.25, -0.2) is 0 Å². The average molecular weight is 256 g/mol. The fourth-order valence-corrected chi connectivity index (χ4v) is 0.736. The fraction of sp³-hybridized carbons (Fsp3) is 0.750. The molecule has 0 heterocycles. The molecule has 0 aliphatic rings. The van der Waals surface area contributed by atoms with Crippen molar-refractivity contribution in [3.8, 4) is 0 Å². The van der Waals surface area contributed by atoms with Crippen LogP contribution in [0.15, 0.2) is 4.99 Å². The van der Waals surface area contributed by atoms with E-state index in [1.54, 1.807) is 0 Å². The van der Waals surface area contributed by atoms with Crippen molar-refractivity contribution in [3.05, 3.63) is 0 Å². The molecule has 0 radical (unpaired) electrons. The molecule has 0 saturated heterocycles. The van der Waals surface area contributed by atoms with Crippen LogP contribution in [0.25, 0.3) is 0 Å². The summed E-state index contributed by atoms with van der Waals surface area (Å²) in [6, 6.07) is 0. The van der Waals surface area contributed by atoms with Crippen molar-refractivity contribution in [2.45, 2.75) is 39.5 Å². The van der Waals surface area contributed by atoms with E-state index < -0.39 is 5.96 Å². The van der Waals surface area contributed by atoms with Gasteiger partial charge < -0.3 is 11.5 Å². The standard InChI is InChI=1S/C6H14.C2H5Cl2N5/c1-3-5-6-4-2;3-9(4)2(7)8-1(5)6/h3-6H2,1-2H3;(H5,5,6,7,8). The third kappa shape index (κ3) is 16.0. The van der Waals surface area contributed by atoms with E-state index in [0.717, 1.165) is 0 Å². The molecule has 15 heavy (non-hydrogen) atoms. The molecule has 5 N–H and O–H groups in total. The van der Waals surface area contributed by atoms with Crippen LogP contribution >= 0.6 is 23.6 Å². The Morgan fingerprint density at radius 2 is 1.60 bits per heavy atom. The highest BCUT2D eigenvalue weighted by Gasteiger charge is 1.99. The number of nitrogens with two attached hydrogens (primary N) is 2. The Bertz CT molecular complexity index is 185. The second kappa shape index (κ2) is 11.4. The van der Waals surface area contributed by atoms with Gasteiger partial charge in [-0.15, -0.1) is 0 Å². The van der Waals surface area contributed by atoms with E-state index in [1.165, 1.54) is 25.7 Å². The van der Waals surface area contributed by atoms with E-state index in [0.29, 0.717) is 3.94 Å². The first-order chi connectivity index (χ1) is 6.95. The maximum atomic E-state index is 6.79. The van der Waals surface area contributed by atoms with Crippen molar-refractivity contribution in [2.24, 2.45) is 16.5 Å². The Morgan fingerprint density at radius 3 is 1.73 bits per heavy atom. The van der Waals surface area contributed by atoms with Gasteiger partial charge in [-0.2, -0.15) is 8.93 Å². The van der Waals surface area contributed by atoms with Crippen molar-refractivity contribution >= 4 is 35.5 Å². The minimum atomic E-state index is -0.418. The lowest BCUT2D eigenvalue weighted by molar-refractivity contribution is 0.702. The van der Waals surface area contributed by atoms with Crippen LogP contribution in [-0.2, 0) is 0 Å². The summed E-state index contributed by atoms with van der Waals surface area (Å²) in [5.74, 6) is -0.676. The Labute approximate surface area is 101 Å². The molecule has 90 valence electrons. The van der Waals surface area contributed by atoms with E-state index in [-0.39, 0.29) is 5.96 Å². The highest BCUT2D eigenvalue weighted by molar-refractivity contribution is 6.41. The predicted molar refractivity (Wildman–Crippen MR) is 66.9 cm³/mol. The summed E-state index contributed by atoms with van der Waals surface area (Å²) in [6.07, 6.45) is 5.54. The third-order valence-corrected chi connectivity index (χ3v) is 1.67. The Hall–Kier alpha value is -0.680. The summed E-state index contributed by atoms with van der Waals surface area (Å²) in [6.45, 7) is 4.46. The summed E-state index contributed by atoms with van der Waals surface area (Å²) in [7, 11) is 0. The van der Waals surface area contributed by atoms with Crippen molar-refractivity contribution < 1.29 is 0 Å². The van der Waals surface area contributed by atoms with Crippen LogP contribution < -0.4 is 11.5 Å². The van der Waals surface area contributed by atoms with Gasteiger partial charge in [-0.05, 0) is 0 Å². The van der Waals surface area contributed by atoms with Crippen molar-refractivity contribution in [1.82, 2.24) is 3.94 Å². The lowest BCUT2D eigenvalue weighted by Gasteiger charge is -1.99. The van der Waals surface area contributed by atoms with E-state index in [1.807, 2.05) is 0 Å². The predicted octanol–water partition coefficient (Wildman–Crippen LogP) is 2.39. The van der Waals surface area contributed by atoms with E-state index in [9.17, 15) is 0 Å². The van der Waals surface area contributed by atoms with Gasteiger partial charge in [0.2, 0.25) is 0 Å². The third-order valence-electron chi connectivity index (χ3n) is 1.35. The van der Waals surface area contributed by atoms with E-state index in [4.69, 9.17) is 40.4 Å². The summed E-state index contributed by atoms with van der Waals surface area (Å²) < 4.78 is 0.444. The zero-order valence-corrected chi connectivity index (χ0v) is 10.6. The molecule has 0 spiro atoms. The molecule has 0 saturated carbocycles. The van der Waals surface area contributed by atoms with Crippen molar-refractivity contribution in [3.63, 3.8) is 0 Å². The van der Waals surface area contributed by atoms with Crippen LogP contribution in [0.5, 0.6) is 0 Å². The van der Waals surface area contributed by atoms with Gasteiger partial charge in [-0.1, -0.05) is 39.5 Å². The van der Waals surface area contributed by atoms with E-state index in [2.05, 4.69) is 18.8 Å². The normalized spacial score (nSPS) is 8.53. The largest absolute Gasteiger partial charge is 0.370 e. The molecule has 0 fully saturated rings. The fourth-order valence-electron chi connectivity index (χ4n) is 0.660. The Morgan fingerprint density at radius 1 is 1.20 bits per heavy atom. The molecule has 0 aliphatic heterocycles. The van der Waals surface area contributed by atoms with Crippen LogP contribution in [0.1, 0.15) is 39.5 Å². The maximum Gasteiger partial charge on any atom is 0.251 e. The quantitative estimate of drug-likeness (QED) is 0.313. The molecule has 5 nitrogen and oxygen atoms in total. The molecule has 0 unspecified atom stereocenters. The molecule has 0 rings (SSSR count). The summed E-state index contributed by atoms with van der Waals surface area (Å²) in [5.41, 5.74) is 9.75. The lowest BCUT2D eigenvalue weighted by atomic mass is 10.2. The highest BCUT2D eigenvalue weighted by Crippen LogP contribution is 1.99. The van der Waals surface area contributed by atoms with Gasteiger partial charge in [0, 0.05) is 23.6 Å². The van der Waals surface area contributed by atoms with Gasteiger partial charge in [0.1, 0.15) is 0 Å². The number of aliphatic imine (C=N–C) groups is 1. The molecule has 0 amide bonds. The molecule has 0 bridgehead atoms. The molecule has 0 aromatic rings. The van der Waals surface area contributed by atoms with Crippen LogP contribution in [0.2, 0.25) is 0 Å². The Kier molecular flexibility index (Phi) is 12.7. The Balaban J connectivity index is 0. The monoisotopic (exact) mass is 255 g/mol. The minimum Gasteiger partial charge on any atom is -0.370 e. The molecule has 7 heteroatoms. The number of guanidine groups is 2. The molecule has 0 atom stereocenters. The van der Waals surface area contributed by atoms with Gasteiger partial charge in [0.15, 0.2) is 5.96 Å². The van der Waals surface area contributed by atoms with Crippen LogP contribution in [0.4, 0.5) is 0 Å². The average Bonchev–Trinajstić information content (AvgIpc) is 2.14. The molecule has 0 aromatic carbocycles. The van der Waals surface area contributed by atoms with E-state index >= 15 is 0 Å². The first-order valence-corrected chi connectivity index (χ1v) is 5.43. The summed E-state index contributed by atoms with van der Waals surface area (Å²) in [5, 5.41) is 6.79. The minimum absolute atomic E-state index is 0.258. The smallest absolute Gasteiger partial charge is 0.251 e. The van der Waals surface area contributed by atoms with Gasteiger partial charge in [0.25, 0.3) is 5.96 Å². The van der Waals surface area contributed by atoms with Gasteiger partial charge >= 0.3 is 0 Å². The van der Waals surface area contributed by atoms with Crippen LogP contribution in [0.3, 0.4) is 0 Å². The topological polar surface area (TPSA) is 91.5 Å². The summed E-state index contributed by atoms with van der Waals surface area (Å²) >= 11 is 10.1. The van der Waals surface area contributed by atoms with Crippen molar-refractivity contribution in [2.75, 3.05) is 0 Å². The van der Waals surface area contributed by atoms with Gasteiger partial charge in [0.05, 0.1) is 0 Å². The maximum absolute atomic E-state index is 6.79. The van der Waals surface area contributed by atoms with Gasteiger partial charge in [-0.3, -0.25) is 5.41 Å². The van der Waals surface area contributed by atoms with Crippen LogP contribution in [0, 0.1) is 5.41 Å². The van der Waals surface area contributed by atoms with Crippen molar-refractivity contribution in [1.29, 1.82) is 5.41 Å². The second-order valence-electron chi connectivity index (χ2n) is 2.80. The number of hydrogen-bond acceptors (Lipinski definition) is 1. The first kappa shape index (κ1) is 16.7. The molecular formula is C8H19Cl2N5. The zero-order valence-electron chi connectivity index (χ0n) is 9.13. The number of halogens is 2. The zero-order chi connectivity index (χ0) is 12.3. The highest BCUT2D eigenvalue weighted by atomic mass is 35.5. The molecule has 0 aromatic heterocycles.